The Labute approximate surface area is 137 Å². The summed E-state index contributed by atoms with van der Waals surface area (Å²) in [7, 11) is 0. The van der Waals surface area contributed by atoms with Crippen molar-refractivity contribution in [3.05, 3.63) is 90.5 Å². The monoisotopic (exact) mass is 307 g/mol. The van der Waals surface area contributed by atoms with Gasteiger partial charge in [-0.1, -0.05) is 78.9 Å². The molecule has 2 aromatic carbocycles. The minimum absolute atomic E-state index is 0.274. The molecule has 3 heteroatoms. The number of nitrogens with zero attached hydrogens (tertiary/aromatic N) is 1. The maximum absolute atomic E-state index is 12.2. The third-order valence-corrected chi connectivity index (χ3v) is 3.25. The van der Waals surface area contributed by atoms with E-state index in [0.717, 1.165) is 11.1 Å². The predicted molar refractivity (Wildman–Crippen MR) is 93.9 cm³/mol. The second-order valence-electron chi connectivity index (χ2n) is 5.05. The van der Waals surface area contributed by atoms with Gasteiger partial charge >= 0.3 is 6.09 Å². The van der Waals surface area contributed by atoms with Crippen LogP contribution < -0.4 is 0 Å². The van der Waals surface area contributed by atoms with Gasteiger partial charge in [-0.15, -0.1) is 6.58 Å². The zero-order valence-electron chi connectivity index (χ0n) is 13.1. The van der Waals surface area contributed by atoms with Crippen LogP contribution >= 0.6 is 0 Å². The second-order valence-corrected chi connectivity index (χ2v) is 5.05. The van der Waals surface area contributed by atoms with Gasteiger partial charge in [0, 0.05) is 13.1 Å². The average molecular weight is 307 g/mol. The first kappa shape index (κ1) is 16.6. The molecule has 0 aliphatic carbocycles. The van der Waals surface area contributed by atoms with Crippen LogP contribution in [0.2, 0.25) is 0 Å². The highest BCUT2D eigenvalue weighted by atomic mass is 16.6. The molecule has 0 heterocycles. The molecule has 0 unspecified atom stereocenters. The molecule has 2 aromatic rings. The fourth-order valence-electron chi connectivity index (χ4n) is 2.07. The van der Waals surface area contributed by atoms with E-state index in [4.69, 9.17) is 4.74 Å². The molecule has 0 aromatic heterocycles. The highest BCUT2D eigenvalue weighted by molar-refractivity contribution is 5.68. The Bertz CT molecular complexity index is 635. The minimum Gasteiger partial charge on any atom is -0.445 e. The molecule has 0 spiro atoms. The molecular formula is C20H21NO2. The predicted octanol–water partition coefficient (Wildman–Crippen LogP) is 4.52. The summed E-state index contributed by atoms with van der Waals surface area (Å²) in [4.78, 5) is 13.8. The van der Waals surface area contributed by atoms with Crippen molar-refractivity contribution >= 4 is 12.2 Å². The Hall–Kier alpha value is -2.81. The number of ether oxygens (including phenoxy) is 1. The maximum atomic E-state index is 12.2. The van der Waals surface area contributed by atoms with Gasteiger partial charge in [0.05, 0.1) is 0 Å². The van der Waals surface area contributed by atoms with Crippen molar-refractivity contribution in [2.24, 2.45) is 0 Å². The molecule has 0 N–H and O–H groups in total. The smallest absolute Gasteiger partial charge is 0.410 e. The van der Waals surface area contributed by atoms with Crippen LogP contribution in [0.4, 0.5) is 4.79 Å². The van der Waals surface area contributed by atoms with Gasteiger partial charge in [-0.25, -0.2) is 4.79 Å². The Morgan fingerprint density at radius 2 is 1.65 bits per heavy atom. The number of carbonyl (C=O) groups is 1. The third-order valence-electron chi connectivity index (χ3n) is 3.25. The first-order valence-corrected chi connectivity index (χ1v) is 7.57. The highest BCUT2D eigenvalue weighted by Gasteiger charge is 2.11. The van der Waals surface area contributed by atoms with Crippen LogP contribution in [0.5, 0.6) is 0 Å². The lowest BCUT2D eigenvalue weighted by molar-refractivity contribution is 0.104. The van der Waals surface area contributed by atoms with E-state index in [2.05, 4.69) is 6.58 Å². The van der Waals surface area contributed by atoms with E-state index in [1.165, 1.54) is 0 Å². The van der Waals surface area contributed by atoms with Gasteiger partial charge in [0.15, 0.2) is 0 Å². The number of hydrogen-bond acceptors (Lipinski definition) is 2. The SMILES string of the molecule is C=CCN(C/C=C/c1ccccc1)C(=O)OCc1ccccc1. The Morgan fingerprint density at radius 3 is 2.30 bits per heavy atom. The van der Waals surface area contributed by atoms with Crippen molar-refractivity contribution in [1.82, 2.24) is 4.90 Å². The number of rotatable bonds is 7. The minimum atomic E-state index is -0.341. The fourth-order valence-corrected chi connectivity index (χ4v) is 2.07. The largest absolute Gasteiger partial charge is 0.445 e. The van der Waals surface area contributed by atoms with Crippen molar-refractivity contribution in [3.8, 4) is 0 Å². The molecule has 0 aliphatic rings. The molecule has 23 heavy (non-hydrogen) atoms. The maximum Gasteiger partial charge on any atom is 0.410 e. The van der Waals surface area contributed by atoms with Gasteiger partial charge in [0.1, 0.15) is 6.61 Å². The molecule has 0 aliphatic heterocycles. The summed E-state index contributed by atoms with van der Waals surface area (Å²) in [6.07, 6.45) is 5.29. The summed E-state index contributed by atoms with van der Waals surface area (Å²) < 4.78 is 5.35. The van der Waals surface area contributed by atoms with E-state index in [1.54, 1.807) is 11.0 Å². The Balaban J connectivity index is 1.88. The second kappa shape index (κ2) is 9.26. The lowest BCUT2D eigenvalue weighted by Gasteiger charge is -2.19. The third kappa shape index (κ3) is 5.83. The summed E-state index contributed by atoms with van der Waals surface area (Å²) in [5, 5.41) is 0. The molecule has 3 nitrogen and oxygen atoms in total. The van der Waals surface area contributed by atoms with Crippen LogP contribution in [0.1, 0.15) is 11.1 Å². The molecule has 0 saturated carbocycles. The standard InChI is InChI=1S/C20H21NO2/c1-2-15-21(16-9-14-18-10-5-3-6-11-18)20(22)23-17-19-12-7-4-8-13-19/h2-14H,1,15-17H2/b14-9+. The van der Waals surface area contributed by atoms with E-state index >= 15 is 0 Å². The van der Waals surface area contributed by atoms with Crippen LogP contribution in [0.15, 0.2) is 79.4 Å². The van der Waals surface area contributed by atoms with Crippen LogP contribution in [-0.4, -0.2) is 24.1 Å². The van der Waals surface area contributed by atoms with Gasteiger partial charge in [0.2, 0.25) is 0 Å². The zero-order valence-corrected chi connectivity index (χ0v) is 13.1. The molecule has 0 radical (unpaired) electrons. The molecule has 0 fully saturated rings. The van der Waals surface area contributed by atoms with Gasteiger partial charge in [-0.2, -0.15) is 0 Å². The fraction of sp³-hybridized carbons (Fsp3) is 0.150. The molecule has 0 saturated heterocycles. The van der Waals surface area contributed by atoms with Crippen molar-refractivity contribution < 1.29 is 9.53 Å². The topological polar surface area (TPSA) is 29.5 Å². The summed E-state index contributed by atoms with van der Waals surface area (Å²) in [5.41, 5.74) is 2.07. The van der Waals surface area contributed by atoms with Gasteiger partial charge in [-0.3, -0.25) is 0 Å². The average Bonchev–Trinajstić information content (AvgIpc) is 2.61. The molecule has 118 valence electrons. The first-order valence-electron chi connectivity index (χ1n) is 7.57. The number of amides is 1. The summed E-state index contributed by atoms with van der Waals surface area (Å²) in [6, 6.07) is 19.6. The van der Waals surface area contributed by atoms with E-state index in [-0.39, 0.29) is 12.7 Å². The van der Waals surface area contributed by atoms with E-state index in [9.17, 15) is 4.79 Å². The summed E-state index contributed by atoms with van der Waals surface area (Å²) in [5.74, 6) is 0. The number of hydrogen-bond donors (Lipinski definition) is 0. The lowest BCUT2D eigenvalue weighted by Crippen LogP contribution is -2.31. The molecule has 1 amide bonds. The van der Waals surface area contributed by atoms with Gasteiger partial charge in [-0.05, 0) is 11.1 Å². The first-order chi connectivity index (χ1) is 11.3. The van der Waals surface area contributed by atoms with Crippen LogP contribution in [-0.2, 0) is 11.3 Å². The van der Waals surface area contributed by atoms with Crippen molar-refractivity contribution in [2.75, 3.05) is 13.1 Å². The lowest BCUT2D eigenvalue weighted by atomic mass is 10.2. The van der Waals surface area contributed by atoms with Crippen molar-refractivity contribution in [3.63, 3.8) is 0 Å². The summed E-state index contributed by atoms with van der Waals surface area (Å²) in [6.45, 7) is 4.90. The quantitative estimate of drug-likeness (QED) is 0.704. The molecule has 0 bridgehead atoms. The molecular weight excluding hydrogens is 286 g/mol. The van der Waals surface area contributed by atoms with Crippen LogP contribution in [0.25, 0.3) is 6.08 Å². The zero-order chi connectivity index (χ0) is 16.3. The van der Waals surface area contributed by atoms with E-state index in [0.29, 0.717) is 13.1 Å². The normalized spacial score (nSPS) is 10.4. The van der Waals surface area contributed by atoms with E-state index < -0.39 is 0 Å². The number of benzene rings is 2. The van der Waals surface area contributed by atoms with Crippen molar-refractivity contribution in [2.45, 2.75) is 6.61 Å². The van der Waals surface area contributed by atoms with Crippen LogP contribution in [0, 0.1) is 0 Å². The van der Waals surface area contributed by atoms with Gasteiger partial charge in [0.25, 0.3) is 0 Å². The Kier molecular flexibility index (Phi) is 6.66. The van der Waals surface area contributed by atoms with Crippen LogP contribution in [0.3, 0.4) is 0 Å². The summed E-state index contributed by atoms with van der Waals surface area (Å²) >= 11 is 0. The van der Waals surface area contributed by atoms with E-state index in [1.807, 2.05) is 72.8 Å². The molecule has 0 atom stereocenters. The molecule has 2 rings (SSSR count). The highest BCUT2D eigenvalue weighted by Crippen LogP contribution is 2.05. The Morgan fingerprint density at radius 1 is 1.00 bits per heavy atom. The van der Waals surface area contributed by atoms with Crippen molar-refractivity contribution in [1.29, 1.82) is 0 Å². The van der Waals surface area contributed by atoms with Gasteiger partial charge < -0.3 is 9.64 Å². The number of carbonyl (C=O) groups excluding carboxylic acids is 1.